The molecule has 0 radical (unpaired) electrons. The molecule has 42 heavy (non-hydrogen) atoms. The predicted molar refractivity (Wildman–Crippen MR) is 159 cm³/mol. The van der Waals surface area contributed by atoms with E-state index in [0.29, 0.717) is 0 Å². The Hall–Kier alpha value is -4.66. The van der Waals surface area contributed by atoms with Gasteiger partial charge in [-0.05, 0) is 40.7 Å². The van der Waals surface area contributed by atoms with Crippen LogP contribution in [0, 0.1) is 5.92 Å². The van der Waals surface area contributed by atoms with Crippen LogP contribution in [-0.2, 0) is 30.3 Å². The summed E-state index contributed by atoms with van der Waals surface area (Å²) in [6.07, 6.45) is -0.545. The van der Waals surface area contributed by atoms with Crippen molar-refractivity contribution in [3.63, 3.8) is 0 Å². The highest BCUT2D eigenvalue weighted by atomic mass is 16.5. The van der Waals surface area contributed by atoms with Gasteiger partial charge in [-0.25, -0.2) is 9.59 Å². The number of hydrogen-bond acceptors (Lipinski definition) is 6. The van der Waals surface area contributed by atoms with E-state index in [0.717, 1.165) is 27.8 Å². The Morgan fingerprint density at radius 1 is 0.738 bits per heavy atom. The second kappa shape index (κ2) is 13.8. The van der Waals surface area contributed by atoms with E-state index in [1.54, 1.807) is 13.8 Å². The molecule has 220 valence electrons. The van der Waals surface area contributed by atoms with Gasteiger partial charge in [-0.2, -0.15) is 0 Å². The molecular formula is C33H37N3O6. The fourth-order valence-electron chi connectivity index (χ4n) is 5.17. The number of carbonyl (C=O) groups excluding carboxylic acids is 4. The zero-order valence-corrected chi connectivity index (χ0v) is 24.3. The Morgan fingerprint density at radius 2 is 1.31 bits per heavy atom. The van der Waals surface area contributed by atoms with Crippen molar-refractivity contribution in [1.29, 1.82) is 0 Å². The molecule has 4 rings (SSSR count). The highest BCUT2D eigenvalue weighted by Crippen LogP contribution is 2.44. The Balaban J connectivity index is 1.43. The van der Waals surface area contributed by atoms with E-state index in [1.165, 1.54) is 14.0 Å². The van der Waals surface area contributed by atoms with Gasteiger partial charge in [0.15, 0.2) is 0 Å². The number of hydrogen-bond donors (Lipinski definition) is 3. The molecular weight excluding hydrogens is 534 g/mol. The van der Waals surface area contributed by atoms with Crippen molar-refractivity contribution in [3.05, 3.63) is 95.6 Å². The second-order valence-corrected chi connectivity index (χ2v) is 10.7. The average Bonchev–Trinajstić information content (AvgIpc) is 3.31. The lowest BCUT2D eigenvalue weighted by atomic mass is 9.98. The van der Waals surface area contributed by atoms with Crippen LogP contribution in [0.2, 0.25) is 0 Å². The summed E-state index contributed by atoms with van der Waals surface area (Å²) < 4.78 is 10.4. The molecule has 0 unspecified atom stereocenters. The molecule has 3 amide bonds. The number of nitrogens with one attached hydrogen (secondary N) is 3. The van der Waals surface area contributed by atoms with Crippen LogP contribution < -0.4 is 16.0 Å². The fraction of sp³-hybridized carbons (Fsp3) is 0.333. The summed E-state index contributed by atoms with van der Waals surface area (Å²) in [5.74, 6) is -2.12. The minimum absolute atomic E-state index is 0.108. The fourth-order valence-corrected chi connectivity index (χ4v) is 5.17. The highest BCUT2D eigenvalue weighted by molar-refractivity contribution is 5.93. The SMILES string of the molecule is COC(=O)[C@H](C)NC(=O)[C@H](Cc1ccccc1)NC(=O)[C@@H](NC(=O)OCC1c2ccccc2-c2ccccc21)C(C)C. The Kier molecular flexibility index (Phi) is 9.96. The molecule has 1 aliphatic rings. The molecule has 3 N–H and O–H groups in total. The topological polar surface area (TPSA) is 123 Å². The van der Waals surface area contributed by atoms with Gasteiger partial charge >= 0.3 is 12.1 Å². The van der Waals surface area contributed by atoms with Crippen molar-refractivity contribution in [1.82, 2.24) is 16.0 Å². The van der Waals surface area contributed by atoms with E-state index >= 15 is 0 Å². The zero-order valence-electron chi connectivity index (χ0n) is 24.3. The predicted octanol–water partition coefficient (Wildman–Crippen LogP) is 3.95. The zero-order chi connectivity index (χ0) is 30.2. The summed E-state index contributed by atoms with van der Waals surface area (Å²) in [5.41, 5.74) is 5.21. The standard InChI is InChI=1S/C33H37N3O6/c1-20(2)29(31(38)35-28(18-22-12-6-5-7-13-22)30(37)34-21(3)32(39)41-4)36-33(40)42-19-27-25-16-10-8-14-23(25)24-15-9-11-17-26(24)27/h5-17,20-21,27-29H,18-19H2,1-4H3,(H,34,37)(H,35,38)(H,36,40)/t21-,28-,29-/m0/s1. The summed E-state index contributed by atoms with van der Waals surface area (Å²) in [4.78, 5) is 51.4. The molecule has 1 aliphatic carbocycles. The lowest BCUT2D eigenvalue weighted by Crippen LogP contribution is -2.57. The quantitative estimate of drug-likeness (QED) is 0.300. The van der Waals surface area contributed by atoms with E-state index in [2.05, 4.69) is 28.1 Å². The number of carbonyl (C=O) groups is 4. The molecule has 0 aliphatic heterocycles. The average molecular weight is 572 g/mol. The normalized spacial score (nSPS) is 14.1. The molecule has 3 aromatic rings. The first kappa shape index (κ1) is 30.3. The molecule has 3 aromatic carbocycles. The molecule has 0 heterocycles. The van der Waals surface area contributed by atoms with Gasteiger partial charge in [-0.1, -0.05) is 92.7 Å². The van der Waals surface area contributed by atoms with Crippen LogP contribution in [0.15, 0.2) is 78.9 Å². The van der Waals surface area contributed by atoms with Crippen LogP contribution in [0.1, 0.15) is 43.4 Å². The Labute approximate surface area is 246 Å². The molecule has 0 bridgehead atoms. The lowest BCUT2D eigenvalue weighted by Gasteiger charge is -2.26. The van der Waals surface area contributed by atoms with E-state index in [9.17, 15) is 19.2 Å². The van der Waals surface area contributed by atoms with Crippen molar-refractivity contribution in [2.45, 2.75) is 51.2 Å². The Morgan fingerprint density at radius 3 is 1.88 bits per heavy atom. The molecule has 3 atom stereocenters. The van der Waals surface area contributed by atoms with Crippen LogP contribution in [-0.4, -0.2) is 55.7 Å². The van der Waals surface area contributed by atoms with Gasteiger partial charge in [-0.15, -0.1) is 0 Å². The van der Waals surface area contributed by atoms with E-state index < -0.39 is 42.0 Å². The van der Waals surface area contributed by atoms with E-state index in [-0.39, 0.29) is 24.9 Å². The van der Waals surface area contributed by atoms with Crippen LogP contribution in [0.5, 0.6) is 0 Å². The first-order valence-corrected chi connectivity index (χ1v) is 14.0. The van der Waals surface area contributed by atoms with Crippen molar-refractivity contribution in [2.75, 3.05) is 13.7 Å². The maximum absolute atomic E-state index is 13.4. The van der Waals surface area contributed by atoms with Crippen LogP contribution >= 0.6 is 0 Å². The molecule has 0 fully saturated rings. The number of ether oxygens (including phenoxy) is 2. The summed E-state index contributed by atoms with van der Waals surface area (Å²) >= 11 is 0. The third kappa shape index (κ3) is 7.15. The summed E-state index contributed by atoms with van der Waals surface area (Å²) in [6, 6.07) is 22.4. The van der Waals surface area contributed by atoms with E-state index in [4.69, 9.17) is 9.47 Å². The van der Waals surface area contributed by atoms with Gasteiger partial charge in [0.25, 0.3) is 0 Å². The maximum Gasteiger partial charge on any atom is 0.407 e. The van der Waals surface area contributed by atoms with Gasteiger partial charge in [-0.3, -0.25) is 9.59 Å². The van der Waals surface area contributed by atoms with Crippen molar-refractivity contribution < 1.29 is 28.7 Å². The molecule has 9 heteroatoms. The number of methoxy groups -OCH3 is 1. The van der Waals surface area contributed by atoms with Crippen molar-refractivity contribution in [2.24, 2.45) is 5.92 Å². The molecule has 9 nitrogen and oxygen atoms in total. The number of amides is 3. The Bertz CT molecular complexity index is 1380. The number of alkyl carbamates (subject to hydrolysis) is 1. The number of rotatable bonds is 11. The van der Waals surface area contributed by atoms with Gasteiger partial charge in [0.2, 0.25) is 11.8 Å². The van der Waals surface area contributed by atoms with Crippen LogP contribution in [0.3, 0.4) is 0 Å². The summed E-state index contributed by atoms with van der Waals surface area (Å²) in [5, 5.41) is 8.04. The van der Waals surface area contributed by atoms with E-state index in [1.807, 2.05) is 66.7 Å². The van der Waals surface area contributed by atoms with Crippen molar-refractivity contribution in [3.8, 4) is 11.1 Å². The maximum atomic E-state index is 13.4. The van der Waals surface area contributed by atoms with Gasteiger partial charge in [0.1, 0.15) is 24.7 Å². The third-order valence-corrected chi connectivity index (χ3v) is 7.40. The molecule has 0 aromatic heterocycles. The van der Waals surface area contributed by atoms with Gasteiger partial charge in [0.05, 0.1) is 7.11 Å². The summed E-state index contributed by atoms with van der Waals surface area (Å²) in [6.45, 7) is 5.19. The summed E-state index contributed by atoms with van der Waals surface area (Å²) in [7, 11) is 1.23. The third-order valence-electron chi connectivity index (χ3n) is 7.40. The largest absolute Gasteiger partial charge is 0.467 e. The first-order valence-electron chi connectivity index (χ1n) is 14.0. The molecule has 0 saturated heterocycles. The number of esters is 1. The second-order valence-electron chi connectivity index (χ2n) is 10.7. The highest BCUT2D eigenvalue weighted by Gasteiger charge is 2.32. The van der Waals surface area contributed by atoms with Crippen molar-refractivity contribution >= 4 is 23.9 Å². The molecule has 0 saturated carbocycles. The lowest BCUT2D eigenvalue weighted by molar-refractivity contribution is -0.144. The number of fused-ring (bicyclic) bond motifs is 3. The smallest absolute Gasteiger partial charge is 0.407 e. The molecule has 0 spiro atoms. The van der Waals surface area contributed by atoms with Gasteiger partial charge in [0, 0.05) is 12.3 Å². The monoisotopic (exact) mass is 571 g/mol. The van der Waals surface area contributed by atoms with Crippen LogP contribution in [0.4, 0.5) is 4.79 Å². The minimum Gasteiger partial charge on any atom is -0.467 e. The first-order chi connectivity index (χ1) is 20.2. The minimum atomic E-state index is -1.00. The number of benzene rings is 3. The van der Waals surface area contributed by atoms with Gasteiger partial charge < -0.3 is 25.4 Å². The van der Waals surface area contributed by atoms with Crippen LogP contribution in [0.25, 0.3) is 11.1 Å².